The van der Waals surface area contributed by atoms with Crippen molar-refractivity contribution in [2.75, 3.05) is 23.3 Å². The number of aromatic nitrogens is 2. The molecule has 0 atom stereocenters. The molecule has 21 heavy (non-hydrogen) atoms. The van der Waals surface area contributed by atoms with Crippen LogP contribution in [0.5, 0.6) is 0 Å². The smallest absolute Gasteiger partial charge is 0.227 e. The van der Waals surface area contributed by atoms with Gasteiger partial charge in [0, 0.05) is 31.4 Å². The van der Waals surface area contributed by atoms with Gasteiger partial charge in [-0.15, -0.1) is 0 Å². The highest BCUT2D eigenvalue weighted by molar-refractivity contribution is 5.46. The van der Waals surface area contributed by atoms with E-state index in [1.54, 1.807) is 0 Å². The summed E-state index contributed by atoms with van der Waals surface area (Å²) >= 11 is 0. The summed E-state index contributed by atoms with van der Waals surface area (Å²) in [4.78, 5) is 11.6. The summed E-state index contributed by atoms with van der Waals surface area (Å²) in [6, 6.07) is 10.7. The van der Waals surface area contributed by atoms with Gasteiger partial charge >= 0.3 is 0 Å². The summed E-state index contributed by atoms with van der Waals surface area (Å²) in [6.45, 7) is 7.00. The second-order valence-electron chi connectivity index (χ2n) is 5.56. The van der Waals surface area contributed by atoms with Gasteiger partial charge in [0.2, 0.25) is 5.95 Å². The molecule has 2 aromatic rings. The van der Waals surface area contributed by atoms with Crippen molar-refractivity contribution in [1.82, 2.24) is 9.97 Å². The third-order valence-corrected chi connectivity index (χ3v) is 3.81. The maximum atomic E-state index is 4.67. The van der Waals surface area contributed by atoms with Crippen LogP contribution in [0.15, 0.2) is 30.3 Å². The Morgan fingerprint density at radius 2 is 2.00 bits per heavy atom. The molecule has 0 aliphatic carbocycles. The molecule has 0 fully saturated rings. The second kappa shape index (κ2) is 6.12. The van der Waals surface area contributed by atoms with Crippen LogP contribution in [0.2, 0.25) is 0 Å². The van der Waals surface area contributed by atoms with Gasteiger partial charge in [0.1, 0.15) is 5.82 Å². The molecule has 3 rings (SSSR count). The normalized spacial score (nSPS) is 13.9. The van der Waals surface area contributed by atoms with Crippen molar-refractivity contribution >= 4 is 11.8 Å². The lowest BCUT2D eigenvalue weighted by Gasteiger charge is -2.29. The van der Waals surface area contributed by atoms with E-state index in [4.69, 9.17) is 0 Å². The minimum atomic E-state index is 0.836. The van der Waals surface area contributed by atoms with Gasteiger partial charge in [-0.2, -0.15) is 4.98 Å². The van der Waals surface area contributed by atoms with Crippen LogP contribution in [0.1, 0.15) is 30.2 Å². The number of anilines is 2. The molecule has 1 N–H and O–H groups in total. The molecule has 0 saturated heterocycles. The van der Waals surface area contributed by atoms with E-state index in [0.29, 0.717) is 0 Å². The zero-order chi connectivity index (χ0) is 14.7. The Morgan fingerprint density at radius 3 is 2.81 bits per heavy atom. The molecule has 0 unspecified atom stereocenters. The summed E-state index contributed by atoms with van der Waals surface area (Å²) in [7, 11) is 0. The van der Waals surface area contributed by atoms with E-state index in [2.05, 4.69) is 51.4 Å². The molecule has 1 aliphatic heterocycles. The van der Waals surface area contributed by atoms with E-state index in [1.165, 1.54) is 11.1 Å². The van der Waals surface area contributed by atoms with Crippen molar-refractivity contribution in [2.45, 2.75) is 33.2 Å². The first-order chi connectivity index (χ1) is 10.3. The second-order valence-corrected chi connectivity index (χ2v) is 5.56. The van der Waals surface area contributed by atoms with E-state index in [1.807, 2.05) is 13.0 Å². The average Bonchev–Trinajstić information content (AvgIpc) is 2.52. The largest absolute Gasteiger partial charge is 0.370 e. The molecular formula is C17H22N4. The Labute approximate surface area is 126 Å². The van der Waals surface area contributed by atoms with E-state index in [9.17, 15) is 0 Å². The average molecular weight is 282 g/mol. The van der Waals surface area contributed by atoms with Crippen LogP contribution in [0.25, 0.3) is 0 Å². The first-order valence-electron chi connectivity index (χ1n) is 7.67. The minimum absolute atomic E-state index is 0.836. The zero-order valence-corrected chi connectivity index (χ0v) is 12.8. The fourth-order valence-electron chi connectivity index (χ4n) is 2.70. The molecule has 4 nitrogen and oxygen atoms in total. The SMILES string of the molecule is CCCNc1cc(C)nc(N2CCc3ccccc3C2)n1. The molecule has 1 aromatic carbocycles. The summed E-state index contributed by atoms with van der Waals surface area (Å²) in [6.07, 6.45) is 2.15. The zero-order valence-electron chi connectivity index (χ0n) is 12.8. The van der Waals surface area contributed by atoms with Gasteiger partial charge in [-0.05, 0) is 30.9 Å². The van der Waals surface area contributed by atoms with Crippen LogP contribution in [0.3, 0.4) is 0 Å². The van der Waals surface area contributed by atoms with Gasteiger partial charge in [-0.3, -0.25) is 0 Å². The topological polar surface area (TPSA) is 41.1 Å². The van der Waals surface area contributed by atoms with Gasteiger partial charge < -0.3 is 10.2 Å². The minimum Gasteiger partial charge on any atom is -0.370 e. The molecule has 1 aliphatic rings. The molecule has 0 saturated carbocycles. The standard InChI is InChI=1S/C17H22N4/c1-3-9-18-16-11-13(2)19-17(20-16)21-10-8-14-6-4-5-7-15(14)12-21/h4-7,11H,3,8-10,12H2,1-2H3,(H,18,19,20). The van der Waals surface area contributed by atoms with Gasteiger partial charge in [-0.25, -0.2) is 4.98 Å². The Morgan fingerprint density at radius 1 is 1.19 bits per heavy atom. The molecule has 110 valence electrons. The maximum Gasteiger partial charge on any atom is 0.227 e. The Bertz CT molecular complexity index is 624. The number of hydrogen-bond acceptors (Lipinski definition) is 4. The van der Waals surface area contributed by atoms with Crippen LogP contribution in [0, 0.1) is 6.92 Å². The number of nitrogens with one attached hydrogen (secondary N) is 1. The predicted octanol–water partition coefficient (Wildman–Crippen LogP) is 3.17. The summed E-state index contributed by atoms with van der Waals surface area (Å²) in [5, 5.41) is 3.36. The van der Waals surface area contributed by atoms with Gasteiger partial charge in [0.05, 0.1) is 0 Å². The number of fused-ring (bicyclic) bond motifs is 1. The summed E-state index contributed by atoms with van der Waals surface area (Å²) in [5.41, 5.74) is 3.85. The predicted molar refractivity (Wildman–Crippen MR) is 86.7 cm³/mol. The lowest BCUT2D eigenvalue weighted by atomic mass is 10.0. The van der Waals surface area contributed by atoms with Crippen molar-refractivity contribution in [3.8, 4) is 0 Å². The van der Waals surface area contributed by atoms with E-state index >= 15 is 0 Å². The first kappa shape index (κ1) is 13.9. The van der Waals surface area contributed by atoms with E-state index in [0.717, 1.165) is 49.9 Å². The molecule has 2 heterocycles. The number of benzene rings is 1. The molecule has 0 amide bonds. The first-order valence-corrected chi connectivity index (χ1v) is 7.67. The molecule has 0 radical (unpaired) electrons. The number of hydrogen-bond donors (Lipinski definition) is 1. The van der Waals surface area contributed by atoms with Crippen molar-refractivity contribution in [3.63, 3.8) is 0 Å². The Kier molecular flexibility index (Phi) is 4.04. The van der Waals surface area contributed by atoms with Crippen LogP contribution < -0.4 is 10.2 Å². The third kappa shape index (κ3) is 3.15. The van der Waals surface area contributed by atoms with Crippen LogP contribution >= 0.6 is 0 Å². The highest BCUT2D eigenvalue weighted by Crippen LogP contribution is 2.23. The Balaban J connectivity index is 1.83. The summed E-state index contributed by atoms with van der Waals surface area (Å²) in [5.74, 6) is 1.77. The van der Waals surface area contributed by atoms with Crippen molar-refractivity contribution in [2.24, 2.45) is 0 Å². The van der Waals surface area contributed by atoms with Crippen molar-refractivity contribution in [3.05, 3.63) is 47.2 Å². The van der Waals surface area contributed by atoms with Crippen LogP contribution in [0.4, 0.5) is 11.8 Å². The number of aryl methyl sites for hydroxylation is 1. The highest BCUT2D eigenvalue weighted by atomic mass is 15.3. The quantitative estimate of drug-likeness (QED) is 0.935. The molecule has 0 spiro atoms. The monoisotopic (exact) mass is 282 g/mol. The van der Waals surface area contributed by atoms with Crippen LogP contribution in [-0.4, -0.2) is 23.1 Å². The lowest BCUT2D eigenvalue weighted by Crippen LogP contribution is -2.32. The van der Waals surface area contributed by atoms with Gasteiger partial charge in [0.15, 0.2) is 0 Å². The van der Waals surface area contributed by atoms with E-state index < -0.39 is 0 Å². The lowest BCUT2D eigenvalue weighted by molar-refractivity contribution is 0.706. The summed E-state index contributed by atoms with van der Waals surface area (Å²) < 4.78 is 0. The van der Waals surface area contributed by atoms with Crippen molar-refractivity contribution < 1.29 is 0 Å². The Hall–Kier alpha value is -2.10. The number of nitrogens with zero attached hydrogens (tertiary/aromatic N) is 3. The number of rotatable bonds is 4. The fraction of sp³-hybridized carbons (Fsp3) is 0.412. The maximum absolute atomic E-state index is 4.67. The van der Waals surface area contributed by atoms with Crippen LogP contribution in [-0.2, 0) is 13.0 Å². The van der Waals surface area contributed by atoms with Gasteiger partial charge in [0.25, 0.3) is 0 Å². The third-order valence-electron chi connectivity index (χ3n) is 3.81. The molecule has 0 bridgehead atoms. The van der Waals surface area contributed by atoms with Crippen molar-refractivity contribution in [1.29, 1.82) is 0 Å². The van der Waals surface area contributed by atoms with E-state index in [-0.39, 0.29) is 0 Å². The highest BCUT2D eigenvalue weighted by Gasteiger charge is 2.18. The molecular weight excluding hydrogens is 260 g/mol. The molecule has 1 aromatic heterocycles. The molecule has 4 heteroatoms. The fourth-order valence-corrected chi connectivity index (χ4v) is 2.70. The van der Waals surface area contributed by atoms with Gasteiger partial charge in [-0.1, -0.05) is 31.2 Å².